The summed E-state index contributed by atoms with van der Waals surface area (Å²) < 4.78 is 11.0. The van der Waals surface area contributed by atoms with Gasteiger partial charge < -0.3 is 19.3 Å². The molecule has 4 rings (SSSR count). The fourth-order valence-electron chi connectivity index (χ4n) is 3.87. The number of anilines is 2. The summed E-state index contributed by atoms with van der Waals surface area (Å²) in [5.74, 6) is 2.10. The fourth-order valence-corrected chi connectivity index (χ4v) is 3.87. The average Bonchev–Trinajstić information content (AvgIpc) is 3.22. The van der Waals surface area contributed by atoms with E-state index in [9.17, 15) is 0 Å². The molecule has 2 saturated heterocycles. The highest BCUT2D eigenvalue weighted by molar-refractivity contribution is 5.81. The summed E-state index contributed by atoms with van der Waals surface area (Å²) in [5.41, 5.74) is 1.96. The molecule has 0 N–H and O–H groups in total. The van der Waals surface area contributed by atoms with Crippen molar-refractivity contribution in [2.45, 2.75) is 31.8 Å². The highest BCUT2D eigenvalue weighted by atomic mass is 16.5. The Labute approximate surface area is 155 Å². The summed E-state index contributed by atoms with van der Waals surface area (Å²) in [7, 11) is 1.71. The van der Waals surface area contributed by atoms with E-state index in [4.69, 9.17) is 19.4 Å². The molecule has 0 saturated carbocycles. The zero-order chi connectivity index (χ0) is 17.8. The lowest BCUT2D eigenvalue weighted by atomic mass is 10.1. The topological polar surface area (TPSA) is 50.7 Å². The van der Waals surface area contributed by atoms with E-state index < -0.39 is 0 Å². The molecule has 0 radical (unpaired) electrons. The molecular formula is C20H28N4O2. The number of ether oxygens (including phenoxy) is 2. The molecule has 2 fully saturated rings. The molecule has 3 heterocycles. The zero-order valence-corrected chi connectivity index (χ0v) is 15.6. The Morgan fingerprint density at radius 1 is 0.885 bits per heavy atom. The Bertz CT molecular complexity index is 725. The summed E-state index contributed by atoms with van der Waals surface area (Å²) in [6.07, 6.45) is 4.85. The van der Waals surface area contributed by atoms with Crippen LogP contribution in [0.1, 0.15) is 25.7 Å². The van der Waals surface area contributed by atoms with Gasteiger partial charge in [0.25, 0.3) is 0 Å². The van der Waals surface area contributed by atoms with E-state index in [-0.39, 0.29) is 0 Å². The van der Waals surface area contributed by atoms with Crippen LogP contribution in [0, 0.1) is 0 Å². The van der Waals surface area contributed by atoms with Gasteiger partial charge in [0.05, 0.1) is 30.4 Å². The number of hydrogen-bond acceptors (Lipinski definition) is 6. The molecule has 1 aromatic heterocycles. The number of rotatable bonds is 6. The molecule has 0 bridgehead atoms. The van der Waals surface area contributed by atoms with Crippen LogP contribution in [0.25, 0.3) is 11.0 Å². The van der Waals surface area contributed by atoms with Crippen molar-refractivity contribution in [3.05, 3.63) is 24.3 Å². The van der Waals surface area contributed by atoms with Gasteiger partial charge in [0.15, 0.2) is 11.6 Å². The molecule has 6 heteroatoms. The largest absolute Gasteiger partial charge is 0.382 e. The molecule has 0 amide bonds. The zero-order valence-electron chi connectivity index (χ0n) is 15.6. The monoisotopic (exact) mass is 356 g/mol. The minimum atomic E-state index is 0.324. The van der Waals surface area contributed by atoms with E-state index in [1.165, 1.54) is 12.8 Å². The third kappa shape index (κ3) is 3.76. The second-order valence-electron chi connectivity index (χ2n) is 7.10. The van der Waals surface area contributed by atoms with Gasteiger partial charge in [0.2, 0.25) is 0 Å². The second kappa shape index (κ2) is 8.18. The van der Waals surface area contributed by atoms with Crippen LogP contribution in [0.15, 0.2) is 24.3 Å². The molecule has 6 nitrogen and oxygen atoms in total. The maximum absolute atomic E-state index is 5.91. The number of benzene rings is 1. The van der Waals surface area contributed by atoms with Gasteiger partial charge in [0.1, 0.15) is 0 Å². The maximum atomic E-state index is 5.91. The van der Waals surface area contributed by atoms with Crippen molar-refractivity contribution in [2.24, 2.45) is 0 Å². The van der Waals surface area contributed by atoms with Gasteiger partial charge >= 0.3 is 0 Å². The van der Waals surface area contributed by atoms with Gasteiger partial charge in [-0.3, -0.25) is 0 Å². The number of aromatic nitrogens is 2. The van der Waals surface area contributed by atoms with Crippen molar-refractivity contribution in [2.75, 3.05) is 56.3 Å². The maximum Gasteiger partial charge on any atom is 0.172 e. The van der Waals surface area contributed by atoms with Crippen molar-refractivity contribution in [1.29, 1.82) is 0 Å². The first kappa shape index (κ1) is 17.5. The number of nitrogens with zero attached hydrogens (tertiary/aromatic N) is 4. The molecule has 26 heavy (non-hydrogen) atoms. The number of fused-ring (bicyclic) bond motifs is 1. The van der Waals surface area contributed by atoms with Crippen molar-refractivity contribution in [3.63, 3.8) is 0 Å². The number of methoxy groups -OCH3 is 1. The third-order valence-electron chi connectivity index (χ3n) is 5.32. The number of hydrogen-bond donors (Lipinski definition) is 0. The van der Waals surface area contributed by atoms with Crippen molar-refractivity contribution < 1.29 is 9.47 Å². The molecule has 2 aliphatic rings. The van der Waals surface area contributed by atoms with Crippen LogP contribution >= 0.6 is 0 Å². The van der Waals surface area contributed by atoms with E-state index in [1.54, 1.807) is 7.11 Å². The van der Waals surface area contributed by atoms with E-state index in [0.29, 0.717) is 19.3 Å². The molecule has 0 spiro atoms. The van der Waals surface area contributed by atoms with Crippen molar-refractivity contribution in [3.8, 4) is 0 Å². The minimum Gasteiger partial charge on any atom is -0.382 e. The second-order valence-corrected chi connectivity index (χ2v) is 7.10. The van der Waals surface area contributed by atoms with Crippen molar-refractivity contribution in [1.82, 2.24) is 9.97 Å². The van der Waals surface area contributed by atoms with Gasteiger partial charge in [-0.25, -0.2) is 9.97 Å². The lowest BCUT2D eigenvalue weighted by molar-refractivity contribution is 0.00605. The normalized spacial score (nSPS) is 18.8. The predicted octanol–water partition coefficient (Wildman–Crippen LogP) is 2.86. The molecule has 2 aliphatic heterocycles. The first-order chi connectivity index (χ1) is 12.8. The SMILES string of the molecule is COCCOC1CCN(c2nc3ccccc3nc2N2CCCC2)CC1. The molecule has 140 valence electrons. The first-order valence-corrected chi connectivity index (χ1v) is 9.72. The summed E-state index contributed by atoms with van der Waals surface area (Å²) in [6, 6.07) is 8.18. The molecule has 0 atom stereocenters. The highest BCUT2D eigenvalue weighted by Crippen LogP contribution is 2.32. The Balaban J connectivity index is 1.54. The van der Waals surface area contributed by atoms with E-state index >= 15 is 0 Å². The summed E-state index contributed by atoms with van der Waals surface area (Å²) >= 11 is 0. The highest BCUT2D eigenvalue weighted by Gasteiger charge is 2.26. The van der Waals surface area contributed by atoms with Crippen LogP contribution in [0.3, 0.4) is 0 Å². The van der Waals surface area contributed by atoms with Crippen LogP contribution in [-0.2, 0) is 9.47 Å². The Morgan fingerprint density at radius 2 is 1.46 bits per heavy atom. The predicted molar refractivity (Wildman–Crippen MR) is 104 cm³/mol. The Morgan fingerprint density at radius 3 is 2.04 bits per heavy atom. The number of piperidine rings is 1. The molecule has 1 aromatic carbocycles. The molecule has 0 aliphatic carbocycles. The van der Waals surface area contributed by atoms with Gasteiger partial charge in [-0.05, 0) is 37.8 Å². The standard InChI is InChI=1S/C20H28N4O2/c1-25-14-15-26-16-8-12-24(13-9-16)20-19(23-10-4-5-11-23)21-17-6-2-3-7-18(17)22-20/h2-3,6-7,16H,4-5,8-15H2,1H3. The van der Waals surface area contributed by atoms with E-state index in [0.717, 1.165) is 61.7 Å². The van der Waals surface area contributed by atoms with Crippen LogP contribution in [0.2, 0.25) is 0 Å². The van der Waals surface area contributed by atoms with Crippen LogP contribution < -0.4 is 9.80 Å². The van der Waals surface area contributed by atoms with Crippen LogP contribution in [-0.4, -0.2) is 62.6 Å². The van der Waals surface area contributed by atoms with E-state index in [2.05, 4.69) is 21.9 Å². The third-order valence-corrected chi connectivity index (χ3v) is 5.32. The van der Waals surface area contributed by atoms with Gasteiger partial charge in [-0.15, -0.1) is 0 Å². The average molecular weight is 356 g/mol. The minimum absolute atomic E-state index is 0.324. The molecular weight excluding hydrogens is 328 g/mol. The van der Waals surface area contributed by atoms with E-state index in [1.807, 2.05) is 12.1 Å². The molecule has 0 unspecified atom stereocenters. The Hall–Kier alpha value is -1.92. The van der Waals surface area contributed by atoms with Gasteiger partial charge in [-0.1, -0.05) is 12.1 Å². The smallest absolute Gasteiger partial charge is 0.172 e. The summed E-state index contributed by atoms with van der Waals surface area (Å²) in [6.45, 7) is 5.43. The lowest BCUT2D eigenvalue weighted by Crippen LogP contribution is -2.39. The lowest BCUT2D eigenvalue weighted by Gasteiger charge is -2.34. The molecule has 2 aromatic rings. The fraction of sp³-hybridized carbons (Fsp3) is 0.600. The van der Waals surface area contributed by atoms with Crippen LogP contribution in [0.4, 0.5) is 11.6 Å². The van der Waals surface area contributed by atoms with Crippen molar-refractivity contribution >= 4 is 22.7 Å². The number of para-hydroxylation sites is 2. The summed E-state index contributed by atoms with van der Waals surface area (Å²) in [5, 5.41) is 0. The van der Waals surface area contributed by atoms with Crippen LogP contribution in [0.5, 0.6) is 0 Å². The quantitative estimate of drug-likeness (QED) is 0.742. The van der Waals surface area contributed by atoms with Gasteiger partial charge in [-0.2, -0.15) is 0 Å². The first-order valence-electron chi connectivity index (χ1n) is 9.72. The van der Waals surface area contributed by atoms with Gasteiger partial charge in [0, 0.05) is 33.3 Å². The summed E-state index contributed by atoms with van der Waals surface area (Å²) in [4.78, 5) is 14.8. The Kier molecular flexibility index (Phi) is 5.51.